The van der Waals surface area contributed by atoms with Crippen LogP contribution in [-0.4, -0.2) is 34.5 Å². The minimum atomic E-state index is -0.683. The number of hydrogen-bond donors (Lipinski definition) is 1. The largest absolute Gasteiger partial charge is 0.391 e. The van der Waals surface area contributed by atoms with Crippen molar-refractivity contribution in [3.8, 4) is 0 Å². The molecule has 0 aliphatic carbocycles. The summed E-state index contributed by atoms with van der Waals surface area (Å²) in [5.74, 6) is -0.860. The first-order chi connectivity index (χ1) is 7.16. The van der Waals surface area contributed by atoms with Gasteiger partial charge in [0.25, 0.3) is 0 Å². The van der Waals surface area contributed by atoms with Crippen molar-refractivity contribution >= 4 is 11.8 Å². The van der Waals surface area contributed by atoms with Crippen LogP contribution in [0.25, 0.3) is 0 Å². The molecule has 2 amide bonds. The van der Waals surface area contributed by atoms with Gasteiger partial charge in [0.2, 0.25) is 11.8 Å². The van der Waals surface area contributed by atoms with Crippen LogP contribution in [-0.2, 0) is 9.59 Å². The molecule has 0 spiro atoms. The third kappa shape index (κ3) is 2.26. The predicted molar refractivity (Wildman–Crippen MR) is 60.5 cm³/mol. The molecule has 0 aromatic rings. The highest BCUT2D eigenvalue weighted by Gasteiger charge is 2.43. The fourth-order valence-electron chi connectivity index (χ4n) is 1.65. The van der Waals surface area contributed by atoms with Crippen LogP contribution in [0.4, 0.5) is 0 Å². The van der Waals surface area contributed by atoms with Gasteiger partial charge in [-0.1, -0.05) is 34.6 Å². The third-order valence-corrected chi connectivity index (χ3v) is 3.42. The minimum absolute atomic E-state index is 0.107. The lowest BCUT2D eigenvalue weighted by atomic mass is 9.89. The number of likely N-dealkylation sites (tertiary alicyclic amines) is 1. The van der Waals surface area contributed by atoms with Crippen LogP contribution in [0.3, 0.4) is 0 Å². The van der Waals surface area contributed by atoms with E-state index in [1.54, 1.807) is 13.8 Å². The lowest BCUT2D eigenvalue weighted by Crippen LogP contribution is -2.42. The molecule has 0 aromatic carbocycles. The van der Waals surface area contributed by atoms with E-state index >= 15 is 0 Å². The highest BCUT2D eigenvalue weighted by atomic mass is 16.3. The number of imide groups is 1. The number of hydrogen-bond acceptors (Lipinski definition) is 3. The van der Waals surface area contributed by atoms with Crippen LogP contribution in [0.2, 0.25) is 0 Å². The van der Waals surface area contributed by atoms with Gasteiger partial charge < -0.3 is 5.11 Å². The van der Waals surface area contributed by atoms with Gasteiger partial charge in [0, 0.05) is 11.8 Å². The number of aliphatic hydroxyl groups is 1. The molecular weight excluding hydrogens is 206 g/mol. The number of β-amino-alcohol motifs (C(OH)–C–C–N with tert-alkyl or cyclic N) is 1. The molecule has 1 fully saturated rings. The highest BCUT2D eigenvalue weighted by Crippen LogP contribution is 2.28. The van der Waals surface area contributed by atoms with Gasteiger partial charge in [-0.2, -0.15) is 0 Å². The highest BCUT2D eigenvalue weighted by molar-refractivity contribution is 6.04. The van der Waals surface area contributed by atoms with Crippen LogP contribution in [0.5, 0.6) is 0 Å². The van der Waals surface area contributed by atoms with Crippen molar-refractivity contribution in [3.63, 3.8) is 0 Å². The monoisotopic (exact) mass is 227 g/mol. The first kappa shape index (κ1) is 13.2. The third-order valence-electron chi connectivity index (χ3n) is 3.42. The van der Waals surface area contributed by atoms with Crippen LogP contribution < -0.4 is 0 Å². The van der Waals surface area contributed by atoms with Crippen LogP contribution in [0.15, 0.2) is 0 Å². The lowest BCUT2D eigenvalue weighted by Gasteiger charge is -2.29. The Kier molecular flexibility index (Phi) is 3.43. The zero-order valence-corrected chi connectivity index (χ0v) is 10.7. The van der Waals surface area contributed by atoms with Gasteiger partial charge in [-0.25, -0.2) is 0 Å². The van der Waals surface area contributed by atoms with Crippen LogP contribution >= 0.6 is 0 Å². The Morgan fingerprint density at radius 1 is 1.19 bits per heavy atom. The van der Waals surface area contributed by atoms with E-state index in [4.69, 9.17) is 0 Å². The van der Waals surface area contributed by atoms with E-state index < -0.39 is 6.10 Å². The maximum Gasteiger partial charge on any atom is 0.232 e. The summed E-state index contributed by atoms with van der Waals surface area (Å²) >= 11 is 0. The van der Waals surface area contributed by atoms with Crippen molar-refractivity contribution < 1.29 is 14.7 Å². The van der Waals surface area contributed by atoms with E-state index in [1.165, 1.54) is 4.90 Å². The summed E-state index contributed by atoms with van der Waals surface area (Å²) in [5, 5.41) is 9.91. The molecule has 1 aliphatic rings. The molecule has 1 aliphatic heterocycles. The number of aliphatic hydroxyl groups excluding tert-OH is 1. The summed E-state index contributed by atoms with van der Waals surface area (Å²) in [4.78, 5) is 24.8. The zero-order chi connectivity index (χ0) is 12.7. The fraction of sp³-hybridized carbons (Fsp3) is 0.833. The van der Waals surface area contributed by atoms with E-state index in [0.717, 1.165) is 0 Å². The van der Waals surface area contributed by atoms with Gasteiger partial charge in [0.1, 0.15) is 0 Å². The molecule has 1 heterocycles. The second-order valence-electron chi connectivity index (χ2n) is 5.75. The molecule has 0 radical (unpaired) electrons. The number of amides is 2. The van der Waals surface area contributed by atoms with E-state index in [2.05, 4.69) is 0 Å². The summed E-state index contributed by atoms with van der Waals surface area (Å²) < 4.78 is 0. The Hall–Kier alpha value is -0.900. The smallest absolute Gasteiger partial charge is 0.232 e. The first-order valence-electron chi connectivity index (χ1n) is 5.69. The summed E-state index contributed by atoms with van der Waals surface area (Å²) in [5.41, 5.74) is -0.324. The summed E-state index contributed by atoms with van der Waals surface area (Å²) in [6.07, 6.45) is -0.683. The minimum Gasteiger partial charge on any atom is -0.391 e. The fourth-order valence-corrected chi connectivity index (χ4v) is 1.65. The maximum atomic E-state index is 11.8. The van der Waals surface area contributed by atoms with Crippen molar-refractivity contribution in [2.24, 2.45) is 17.3 Å². The molecule has 3 unspecified atom stereocenters. The summed E-state index contributed by atoms with van der Waals surface area (Å²) in [6.45, 7) is 9.28. The van der Waals surface area contributed by atoms with Gasteiger partial charge in [-0.3, -0.25) is 14.5 Å². The van der Waals surface area contributed by atoms with Gasteiger partial charge in [0.15, 0.2) is 0 Å². The number of carbonyl (C=O) groups excluding carboxylic acids is 2. The Morgan fingerprint density at radius 2 is 1.56 bits per heavy atom. The molecule has 0 bridgehead atoms. The van der Waals surface area contributed by atoms with Crippen molar-refractivity contribution in [2.45, 2.75) is 40.7 Å². The van der Waals surface area contributed by atoms with Gasteiger partial charge in [0.05, 0.1) is 12.6 Å². The Labute approximate surface area is 96.6 Å². The molecule has 4 nitrogen and oxygen atoms in total. The molecule has 1 N–H and O–H groups in total. The van der Waals surface area contributed by atoms with Crippen LogP contribution in [0.1, 0.15) is 34.6 Å². The molecule has 1 saturated heterocycles. The molecule has 0 saturated carbocycles. The number of carbonyl (C=O) groups is 2. The topological polar surface area (TPSA) is 57.6 Å². The molecule has 1 rings (SSSR count). The van der Waals surface area contributed by atoms with Gasteiger partial charge >= 0.3 is 0 Å². The van der Waals surface area contributed by atoms with Crippen molar-refractivity contribution in [1.82, 2.24) is 4.90 Å². The Balaban J connectivity index is 2.76. The number of rotatable bonds is 2. The van der Waals surface area contributed by atoms with E-state index in [1.807, 2.05) is 20.8 Å². The van der Waals surface area contributed by atoms with Crippen molar-refractivity contribution in [2.75, 3.05) is 6.54 Å². The normalized spacial score (nSPS) is 28.8. The standard InChI is InChI=1S/C12H21NO3/c1-7-8(2)11(16)13(10(7)15)6-9(14)12(3,4)5/h7-9,14H,6H2,1-5H3. The predicted octanol–water partition coefficient (Wildman–Crippen LogP) is 1.03. The van der Waals surface area contributed by atoms with Crippen molar-refractivity contribution in [1.29, 1.82) is 0 Å². The second kappa shape index (κ2) is 4.17. The molecule has 16 heavy (non-hydrogen) atoms. The summed E-state index contributed by atoms with van der Waals surface area (Å²) in [7, 11) is 0. The van der Waals surface area contributed by atoms with Crippen molar-refractivity contribution in [3.05, 3.63) is 0 Å². The molecule has 3 atom stereocenters. The number of nitrogens with zero attached hydrogens (tertiary/aromatic N) is 1. The molecule has 0 aromatic heterocycles. The maximum absolute atomic E-state index is 11.8. The average molecular weight is 227 g/mol. The molecule has 92 valence electrons. The average Bonchev–Trinajstić information content (AvgIpc) is 2.34. The summed E-state index contributed by atoms with van der Waals surface area (Å²) in [6, 6.07) is 0. The molecular formula is C12H21NO3. The van der Waals surface area contributed by atoms with Crippen LogP contribution in [0, 0.1) is 17.3 Å². The molecule has 4 heteroatoms. The first-order valence-corrected chi connectivity index (χ1v) is 5.69. The lowest BCUT2D eigenvalue weighted by molar-refractivity contribution is -0.142. The zero-order valence-electron chi connectivity index (χ0n) is 10.7. The SMILES string of the molecule is CC1C(=O)N(CC(O)C(C)(C)C)C(=O)C1C. The van der Waals surface area contributed by atoms with E-state index in [0.29, 0.717) is 0 Å². The second-order valence-corrected chi connectivity index (χ2v) is 5.75. The Bertz CT molecular complexity index is 286. The quantitative estimate of drug-likeness (QED) is 0.717. The van der Waals surface area contributed by atoms with Gasteiger partial charge in [-0.15, -0.1) is 0 Å². The van der Waals surface area contributed by atoms with E-state index in [-0.39, 0.29) is 35.6 Å². The van der Waals surface area contributed by atoms with E-state index in [9.17, 15) is 14.7 Å². The Morgan fingerprint density at radius 3 is 1.88 bits per heavy atom. The van der Waals surface area contributed by atoms with Gasteiger partial charge in [-0.05, 0) is 5.41 Å².